The highest BCUT2D eigenvalue weighted by molar-refractivity contribution is 6.31. The molecule has 0 unspecified atom stereocenters. The molecule has 1 fully saturated rings. The number of aromatic nitrogens is 4. The average Bonchev–Trinajstić information content (AvgIpc) is 3.39. The predicted molar refractivity (Wildman–Crippen MR) is 149 cm³/mol. The number of anilines is 1. The maximum atomic E-state index is 14.7. The molecule has 1 aromatic carbocycles. The molecule has 5 rings (SSSR count). The molecule has 0 aliphatic carbocycles. The van der Waals surface area contributed by atoms with Crippen LogP contribution >= 0.6 is 11.6 Å². The number of nitrogens with zero attached hydrogens (tertiary/aromatic N) is 4. The molecule has 3 aromatic heterocycles. The highest BCUT2D eigenvalue weighted by atomic mass is 35.5. The van der Waals surface area contributed by atoms with E-state index in [1.165, 1.54) is 25.3 Å². The average molecular weight is 588 g/mol. The van der Waals surface area contributed by atoms with Crippen molar-refractivity contribution in [3.63, 3.8) is 0 Å². The molecule has 3 N–H and O–H groups in total. The van der Waals surface area contributed by atoms with Crippen LogP contribution in [0.15, 0.2) is 48.9 Å². The number of amides is 2. The fourth-order valence-corrected chi connectivity index (χ4v) is 4.84. The van der Waals surface area contributed by atoms with E-state index in [1.807, 2.05) is 0 Å². The number of hydrogen-bond donors (Lipinski definition) is 3. The zero-order valence-electron chi connectivity index (χ0n) is 22.3. The summed E-state index contributed by atoms with van der Waals surface area (Å²) in [4.78, 5) is 30.6. The maximum Gasteiger partial charge on any atom is 0.397 e. The lowest BCUT2D eigenvalue weighted by Crippen LogP contribution is -2.51. The number of benzene rings is 1. The van der Waals surface area contributed by atoms with Gasteiger partial charge in [0.1, 0.15) is 11.4 Å². The quantitative estimate of drug-likeness (QED) is 0.210. The summed E-state index contributed by atoms with van der Waals surface area (Å²) in [7, 11) is 0. The number of piperidine rings is 1. The Morgan fingerprint density at radius 2 is 2.02 bits per heavy atom. The number of nitrogens with one attached hydrogen (secondary N) is 3. The number of urea groups is 1. The highest BCUT2D eigenvalue weighted by Gasteiger charge is 2.29. The Morgan fingerprint density at radius 3 is 2.80 bits per heavy atom. The number of aromatic amines is 1. The minimum absolute atomic E-state index is 0.0289. The van der Waals surface area contributed by atoms with Crippen molar-refractivity contribution in [2.45, 2.75) is 51.3 Å². The summed E-state index contributed by atoms with van der Waals surface area (Å²) in [5, 5.41) is 7.11. The largest absolute Gasteiger partial charge is 0.433 e. The minimum atomic E-state index is -3.23. The van der Waals surface area contributed by atoms with Crippen LogP contribution in [0.25, 0.3) is 22.4 Å². The fourth-order valence-electron chi connectivity index (χ4n) is 4.68. The van der Waals surface area contributed by atoms with Crippen LogP contribution in [0.2, 0.25) is 5.02 Å². The van der Waals surface area contributed by atoms with E-state index in [-0.39, 0.29) is 30.2 Å². The first-order chi connectivity index (χ1) is 19.7. The second-order valence-corrected chi connectivity index (χ2v) is 10.2. The Bertz CT molecular complexity index is 1520. The van der Waals surface area contributed by atoms with Crippen molar-refractivity contribution in [1.82, 2.24) is 30.2 Å². The van der Waals surface area contributed by atoms with Crippen LogP contribution in [0, 0.1) is 5.82 Å². The molecule has 4 aromatic rings. The van der Waals surface area contributed by atoms with Gasteiger partial charge >= 0.3 is 12.1 Å². The summed E-state index contributed by atoms with van der Waals surface area (Å²) in [5.41, 5.74) is 1.98. The number of fused-ring (bicyclic) bond motifs is 1. The van der Waals surface area contributed by atoms with Gasteiger partial charge < -0.3 is 25.3 Å². The molecular formula is C28H29ClF3N7O2. The van der Waals surface area contributed by atoms with Crippen LogP contribution in [0.5, 0.6) is 5.75 Å². The standard InChI is InChI=1S/C28H29ClF3N7O2/c1-2-28(31,32)41-20-8-6-17(7-9-20)12-37-27(40)39-10-4-3-5-19(39)14-34-26-23(30)16-36-25(38-26)22-15-35-24-21(22)11-18(29)13-33-24/h6-9,11,13,15-16,19H,2-5,10,12,14H2,1H3,(H,33,35)(H,37,40)(H,34,36,38)/t19-/m1/s1. The third-order valence-electron chi connectivity index (χ3n) is 6.92. The topological polar surface area (TPSA) is 108 Å². The zero-order chi connectivity index (χ0) is 29.0. The summed E-state index contributed by atoms with van der Waals surface area (Å²) < 4.78 is 46.3. The molecule has 0 saturated carbocycles. The second-order valence-electron chi connectivity index (χ2n) is 9.76. The normalized spacial score (nSPS) is 15.6. The maximum absolute atomic E-state index is 14.7. The van der Waals surface area contributed by atoms with Crippen molar-refractivity contribution >= 4 is 34.5 Å². The van der Waals surface area contributed by atoms with Crippen molar-refractivity contribution in [2.75, 3.05) is 18.4 Å². The number of alkyl halides is 2. The van der Waals surface area contributed by atoms with Crippen molar-refractivity contribution in [1.29, 1.82) is 0 Å². The number of likely N-dealkylation sites (tertiary alicyclic amines) is 1. The molecule has 1 atom stereocenters. The first kappa shape index (κ1) is 28.5. The summed E-state index contributed by atoms with van der Waals surface area (Å²) in [6.45, 7) is 2.40. The number of pyridine rings is 1. The van der Waals surface area contributed by atoms with Gasteiger partial charge in [-0.3, -0.25) is 0 Å². The third kappa shape index (κ3) is 6.82. The van der Waals surface area contributed by atoms with Crippen molar-refractivity contribution in [3.05, 3.63) is 65.3 Å². The molecule has 0 bridgehead atoms. The van der Waals surface area contributed by atoms with E-state index in [1.54, 1.807) is 29.3 Å². The van der Waals surface area contributed by atoms with Gasteiger partial charge in [-0.1, -0.05) is 30.7 Å². The molecule has 0 spiro atoms. The van der Waals surface area contributed by atoms with E-state index in [0.717, 1.165) is 31.0 Å². The van der Waals surface area contributed by atoms with Gasteiger partial charge in [-0.05, 0) is 43.0 Å². The van der Waals surface area contributed by atoms with Gasteiger partial charge in [0.05, 0.1) is 17.3 Å². The van der Waals surface area contributed by atoms with Crippen LogP contribution in [0.3, 0.4) is 0 Å². The Kier molecular flexibility index (Phi) is 8.48. The zero-order valence-corrected chi connectivity index (χ0v) is 23.0. The van der Waals surface area contributed by atoms with E-state index < -0.39 is 18.3 Å². The molecular weight excluding hydrogens is 559 g/mol. The molecule has 2 amide bonds. The number of carbonyl (C=O) groups is 1. The van der Waals surface area contributed by atoms with Crippen molar-refractivity contribution < 1.29 is 22.7 Å². The lowest BCUT2D eigenvalue weighted by Gasteiger charge is -2.36. The second kappa shape index (κ2) is 12.2. The number of H-pyrrole nitrogens is 1. The fraction of sp³-hybridized carbons (Fsp3) is 0.357. The van der Waals surface area contributed by atoms with Gasteiger partial charge in [-0.15, -0.1) is 0 Å². The highest BCUT2D eigenvalue weighted by Crippen LogP contribution is 2.29. The van der Waals surface area contributed by atoms with Crippen LogP contribution < -0.4 is 15.4 Å². The molecule has 4 heterocycles. The van der Waals surface area contributed by atoms with E-state index >= 15 is 0 Å². The first-order valence-electron chi connectivity index (χ1n) is 13.3. The predicted octanol–water partition coefficient (Wildman–Crippen LogP) is 6.37. The smallest absolute Gasteiger partial charge is 0.397 e. The first-order valence-corrected chi connectivity index (χ1v) is 13.7. The Hall–Kier alpha value is -4.06. The molecule has 13 heteroatoms. The molecule has 0 radical (unpaired) electrons. The summed E-state index contributed by atoms with van der Waals surface area (Å²) >= 11 is 6.10. The lowest BCUT2D eigenvalue weighted by atomic mass is 10.0. The number of ether oxygens (including phenoxy) is 1. The molecule has 9 nitrogen and oxygen atoms in total. The van der Waals surface area contributed by atoms with Crippen molar-refractivity contribution in [2.24, 2.45) is 0 Å². The van der Waals surface area contributed by atoms with Gasteiger partial charge in [0.15, 0.2) is 17.5 Å². The lowest BCUT2D eigenvalue weighted by molar-refractivity contribution is -0.177. The third-order valence-corrected chi connectivity index (χ3v) is 7.13. The summed E-state index contributed by atoms with van der Waals surface area (Å²) in [6, 6.07) is 7.44. The van der Waals surface area contributed by atoms with Gasteiger partial charge in [0, 0.05) is 49.4 Å². The van der Waals surface area contributed by atoms with E-state index in [9.17, 15) is 18.0 Å². The monoisotopic (exact) mass is 587 g/mol. The number of rotatable bonds is 9. The molecule has 1 saturated heterocycles. The number of hydrogen-bond acceptors (Lipinski definition) is 6. The van der Waals surface area contributed by atoms with E-state index in [2.05, 4.69) is 35.3 Å². The van der Waals surface area contributed by atoms with Crippen LogP contribution in [0.1, 0.15) is 38.2 Å². The van der Waals surface area contributed by atoms with Crippen LogP contribution in [0.4, 0.5) is 23.8 Å². The summed E-state index contributed by atoms with van der Waals surface area (Å²) in [6.07, 6.45) is 3.18. The van der Waals surface area contributed by atoms with Crippen LogP contribution in [-0.4, -0.2) is 56.1 Å². The molecule has 41 heavy (non-hydrogen) atoms. The molecule has 216 valence electrons. The Morgan fingerprint density at radius 1 is 1.22 bits per heavy atom. The Labute approximate surface area is 239 Å². The van der Waals surface area contributed by atoms with Gasteiger partial charge in [-0.2, -0.15) is 8.78 Å². The van der Waals surface area contributed by atoms with E-state index in [0.29, 0.717) is 40.5 Å². The Balaban J connectivity index is 1.21. The molecule has 1 aliphatic heterocycles. The van der Waals surface area contributed by atoms with Crippen LogP contribution in [-0.2, 0) is 6.54 Å². The van der Waals surface area contributed by atoms with Gasteiger partial charge in [-0.25, -0.2) is 24.1 Å². The SMILES string of the molecule is CCC(F)(F)Oc1ccc(CNC(=O)N2CCCC[C@@H]2CNc2nc(-c3c[nH]c4ncc(Cl)cc34)ncc2F)cc1. The van der Waals surface area contributed by atoms with Crippen molar-refractivity contribution in [3.8, 4) is 17.1 Å². The van der Waals surface area contributed by atoms with Gasteiger partial charge in [0.25, 0.3) is 0 Å². The number of carbonyl (C=O) groups excluding carboxylic acids is 1. The molecule has 1 aliphatic rings. The number of halogens is 4. The summed E-state index contributed by atoms with van der Waals surface area (Å²) in [5.74, 6) is -0.224. The minimum Gasteiger partial charge on any atom is -0.433 e. The van der Waals surface area contributed by atoms with Gasteiger partial charge in [0.2, 0.25) is 0 Å². The van der Waals surface area contributed by atoms with E-state index in [4.69, 9.17) is 11.6 Å².